The summed E-state index contributed by atoms with van der Waals surface area (Å²) in [6, 6.07) is 5.95. The third-order valence-corrected chi connectivity index (χ3v) is 9.96. The van der Waals surface area contributed by atoms with Crippen molar-refractivity contribution in [2.75, 3.05) is 0 Å². The Morgan fingerprint density at radius 2 is 1.30 bits per heavy atom. The first-order chi connectivity index (χ1) is 17.7. The third-order valence-electron chi connectivity index (χ3n) is 9.96. The van der Waals surface area contributed by atoms with E-state index >= 15 is 0 Å². The van der Waals surface area contributed by atoms with Crippen LogP contribution >= 0.6 is 0 Å². The highest BCUT2D eigenvalue weighted by Crippen LogP contribution is 2.48. The van der Waals surface area contributed by atoms with E-state index in [9.17, 15) is 22.0 Å². The Bertz CT molecular complexity index is 864. The molecule has 0 N–H and O–H groups in total. The van der Waals surface area contributed by atoms with Crippen LogP contribution in [0.25, 0.3) is 0 Å². The zero-order valence-corrected chi connectivity index (χ0v) is 22.5. The average molecular weight is 525 g/mol. The molecule has 4 rings (SSSR count). The van der Waals surface area contributed by atoms with Crippen molar-refractivity contribution in [2.45, 2.75) is 122 Å². The van der Waals surface area contributed by atoms with Gasteiger partial charge in [-0.05, 0) is 137 Å². The molecule has 5 heteroatoms. The lowest BCUT2D eigenvalue weighted by molar-refractivity contribution is -0.0821. The molecule has 0 spiro atoms. The van der Waals surface area contributed by atoms with Gasteiger partial charge in [0.15, 0.2) is 0 Å². The van der Waals surface area contributed by atoms with Crippen LogP contribution in [0.15, 0.2) is 30.1 Å². The molecule has 0 heterocycles. The standard InChI is InChI=1S/C32H45F5/c1-2-3-4-5-22-6-19-29(30(33)20-22)27-15-11-25(12-16-27)23-7-9-24(10-8-23)26-13-17-28(18-14-26)31(34)21-32(35,36)37/h6,19-21,23-28H,2-5,7-18H2,1H3. The number of rotatable bonds is 8. The van der Waals surface area contributed by atoms with Gasteiger partial charge in [0, 0.05) is 5.92 Å². The lowest BCUT2D eigenvalue weighted by atomic mass is 9.64. The Balaban J connectivity index is 1.19. The van der Waals surface area contributed by atoms with Gasteiger partial charge in [-0.3, -0.25) is 0 Å². The maximum Gasteiger partial charge on any atom is 0.412 e. The minimum absolute atomic E-state index is 0.0125. The van der Waals surface area contributed by atoms with Crippen molar-refractivity contribution in [3.63, 3.8) is 0 Å². The highest BCUT2D eigenvalue weighted by molar-refractivity contribution is 5.28. The average Bonchev–Trinajstić information content (AvgIpc) is 2.88. The molecule has 0 aliphatic heterocycles. The number of aryl methyl sites for hydroxylation is 1. The highest BCUT2D eigenvalue weighted by Gasteiger charge is 2.36. The van der Waals surface area contributed by atoms with Crippen LogP contribution in [0.3, 0.4) is 0 Å². The van der Waals surface area contributed by atoms with Gasteiger partial charge < -0.3 is 0 Å². The molecule has 3 fully saturated rings. The van der Waals surface area contributed by atoms with Crippen molar-refractivity contribution >= 4 is 0 Å². The predicted octanol–water partition coefficient (Wildman–Crippen LogP) is 10.9. The maximum atomic E-state index is 14.9. The molecule has 0 radical (unpaired) electrons. The van der Waals surface area contributed by atoms with E-state index in [1.54, 1.807) is 6.07 Å². The molecular formula is C32H45F5. The summed E-state index contributed by atoms with van der Waals surface area (Å²) in [6.45, 7) is 2.19. The molecule has 0 nitrogen and oxygen atoms in total. The van der Waals surface area contributed by atoms with Crippen LogP contribution in [-0.2, 0) is 6.42 Å². The number of hydrogen-bond acceptors (Lipinski definition) is 0. The first-order valence-corrected chi connectivity index (χ1v) is 15.0. The molecule has 0 unspecified atom stereocenters. The largest absolute Gasteiger partial charge is 0.412 e. The number of allylic oxidation sites excluding steroid dienone is 2. The van der Waals surface area contributed by atoms with Crippen molar-refractivity contribution in [3.8, 4) is 0 Å². The van der Waals surface area contributed by atoms with E-state index in [4.69, 9.17) is 0 Å². The lowest BCUT2D eigenvalue weighted by Crippen LogP contribution is -2.29. The summed E-state index contributed by atoms with van der Waals surface area (Å²) in [4.78, 5) is 0. The Hall–Kier alpha value is -1.39. The fourth-order valence-corrected chi connectivity index (χ4v) is 7.77. The molecule has 0 atom stereocenters. The second-order valence-corrected chi connectivity index (χ2v) is 12.3. The Kier molecular flexibility index (Phi) is 10.1. The van der Waals surface area contributed by atoms with Gasteiger partial charge in [0.05, 0.1) is 6.08 Å². The van der Waals surface area contributed by atoms with Crippen LogP contribution in [0.1, 0.15) is 120 Å². The van der Waals surface area contributed by atoms with E-state index in [-0.39, 0.29) is 11.9 Å². The molecular weight excluding hydrogens is 479 g/mol. The molecule has 0 bridgehead atoms. The fourth-order valence-electron chi connectivity index (χ4n) is 7.77. The normalized spacial score (nSPS) is 31.9. The lowest BCUT2D eigenvalue weighted by Gasteiger charge is -2.41. The SMILES string of the molecule is CCCCCc1ccc(C2CCC(C3CCC(C4CCC(C(F)=CC(F)(F)F)CC4)CC3)CC2)c(F)c1. The van der Waals surface area contributed by atoms with E-state index in [1.165, 1.54) is 51.4 Å². The Morgan fingerprint density at radius 1 is 0.784 bits per heavy atom. The van der Waals surface area contributed by atoms with Gasteiger partial charge >= 0.3 is 6.18 Å². The summed E-state index contributed by atoms with van der Waals surface area (Å²) in [5.74, 6) is 1.49. The van der Waals surface area contributed by atoms with Crippen molar-refractivity contribution < 1.29 is 22.0 Å². The number of benzene rings is 1. The van der Waals surface area contributed by atoms with Crippen LogP contribution in [0, 0.1) is 35.4 Å². The number of alkyl halides is 3. The van der Waals surface area contributed by atoms with Gasteiger partial charge in [-0.15, -0.1) is 0 Å². The van der Waals surface area contributed by atoms with Gasteiger partial charge in [0.25, 0.3) is 0 Å². The molecule has 0 amide bonds. The quantitative estimate of drug-likeness (QED) is 0.234. The Morgan fingerprint density at radius 3 is 1.78 bits per heavy atom. The zero-order valence-electron chi connectivity index (χ0n) is 22.5. The van der Waals surface area contributed by atoms with Crippen LogP contribution in [0.4, 0.5) is 22.0 Å². The fraction of sp³-hybridized carbons (Fsp3) is 0.750. The Labute approximate surface area is 220 Å². The van der Waals surface area contributed by atoms with E-state index in [2.05, 4.69) is 13.0 Å². The second-order valence-electron chi connectivity index (χ2n) is 12.3. The molecule has 3 aliphatic rings. The monoisotopic (exact) mass is 524 g/mol. The van der Waals surface area contributed by atoms with Gasteiger partial charge in [-0.2, -0.15) is 13.2 Å². The zero-order chi connectivity index (χ0) is 26.4. The molecule has 37 heavy (non-hydrogen) atoms. The molecule has 0 saturated heterocycles. The minimum Gasteiger partial charge on any atom is -0.212 e. The van der Waals surface area contributed by atoms with Crippen molar-refractivity contribution in [2.24, 2.45) is 29.6 Å². The second kappa shape index (κ2) is 13.1. The van der Waals surface area contributed by atoms with Gasteiger partial charge in [0.2, 0.25) is 0 Å². The molecule has 3 aliphatic carbocycles. The predicted molar refractivity (Wildman–Crippen MR) is 140 cm³/mol. The molecule has 1 aromatic carbocycles. The summed E-state index contributed by atoms with van der Waals surface area (Å²) in [6.07, 6.45) is 12.0. The summed E-state index contributed by atoms with van der Waals surface area (Å²) in [5.41, 5.74) is 2.04. The van der Waals surface area contributed by atoms with E-state index in [1.807, 2.05) is 6.07 Å². The van der Waals surface area contributed by atoms with E-state index in [0.717, 1.165) is 61.5 Å². The molecule has 0 aromatic heterocycles. The number of unbranched alkanes of at least 4 members (excludes halogenated alkanes) is 2. The van der Waals surface area contributed by atoms with E-state index in [0.29, 0.717) is 30.6 Å². The number of halogens is 5. The van der Waals surface area contributed by atoms with Gasteiger partial charge in [0.1, 0.15) is 11.6 Å². The van der Waals surface area contributed by atoms with Crippen molar-refractivity contribution in [3.05, 3.63) is 47.0 Å². The van der Waals surface area contributed by atoms with Crippen molar-refractivity contribution in [1.82, 2.24) is 0 Å². The van der Waals surface area contributed by atoms with Crippen LogP contribution in [-0.4, -0.2) is 6.18 Å². The van der Waals surface area contributed by atoms with Gasteiger partial charge in [-0.1, -0.05) is 31.9 Å². The summed E-state index contributed by atoms with van der Waals surface area (Å²) >= 11 is 0. The highest BCUT2D eigenvalue weighted by atomic mass is 19.4. The first-order valence-electron chi connectivity index (χ1n) is 15.0. The molecule has 3 saturated carbocycles. The van der Waals surface area contributed by atoms with Crippen LogP contribution in [0.5, 0.6) is 0 Å². The molecule has 208 valence electrons. The van der Waals surface area contributed by atoms with Crippen molar-refractivity contribution in [1.29, 1.82) is 0 Å². The summed E-state index contributed by atoms with van der Waals surface area (Å²) in [5, 5.41) is 0. The topological polar surface area (TPSA) is 0 Å². The smallest absolute Gasteiger partial charge is 0.212 e. The van der Waals surface area contributed by atoms with E-state index < -0.39 is 17.9 Å². The third kappa shape index (κ3) is 8.05. The minimum atomic E-state index is -4.56. The maximum absolute atomic E-state index is 14.9. The summed E-state index contributed by atoms with van der Waals surface area (Å²) < 4.78 is 66.3. The van der Waals surface area contributed by atoms with Gasteiger partial charge in [-0.25, -0.2) is 8.78 Å². The van der Waals surface area contributed by atoms with Crippen LogP contribution < -0.4 is 0 Å². The molecule has 1 aromatic rings. The number of hydrogen-bond donors (Lipinski definition) is 0. The summed E-state index contributed by atoms with van der Waals surface area (Å²) in [7, 11) is 0. The van der Waals surface area contributed by atoms with Crippen LogP contribution in [0.2, 0.25) is 0 Å². The first kappa shape index (κ1) is 28.6.